The summed E-state index contributed by atoms with van der Waals surface area (Å²) in [5, 5.41) is 0. The highest BCUT2D eigenvalue weighted by atomic mass is 16.5. The lowest BCUT2D eigenvalue weighted by Crippen LogP contribution is -2.54. The summed E-state index contributed by atoms with van der Waals surface area (Å²) < 4.78 is 5.43. The van der Waals surface area contributed by atoms with Gasteiger partial charge in [-0.3, -0.25) is 4.90 Å². The molecule has 1 heterocycles. The van der Waals surface area contributed by atoms with Gasteiger partial charge < -0.3 is 10.5 Å². The van der Waals surface area contributed by atoms with Gasteiger partial charge in [0.2, 0.25) is 0 Å². The van der Waals surface area contributed by atoms with E-state index >= 15 is 0 Å². The first kappa shape index (κ1) is 11.0. The summed E-state index contributed by atoms with van der Waals surface area (Å²) in [6.07, 6.45) is 1.61. The van der Waals surface area contributed by atoms with Crippen LogP contribution in [0.3, 0.4) is 0 Å². The van der Waals surface area contributed by atoms with Crippen molar-refractivity contribution in [3.8, 4) is 0 Å². The Kier molecular flexibility index (Phi) is 4.16. The number of ether oxygens (including phenoxy) is 1. The Labute approximate surface area is 81.2 Å². The van der Waals surface area contributed by atoms with E-state index in [9.17, 15) is 0 Å². The van der Waals surface area contributed by atoms with Crippen LogP contribution >= 0.6 is 0 Å². The number of hydrogen-bond donors (Lipinski definition) is 1. The minimum Gasteiger partial charge on any atom is -0.380 e. The molecule has 1 fully saturated rings. The maximum absolute atomic E-state index is 5.63. The number of hydrogen-bond acceptors (Lipinski definition) is 3. The third-order valence-electron chi connectivity index (χ3n) is 3.00. The Hall–Kier alpha value is -0.120. The van der Waals surface area contributed by atoms with Crippen molar-refractivity contribution in [1.29, 1.82) is 0 Å². The summed E-state index contributed by atoms with van der Waals surface area (Å²) in [6, 6.07) is 0.608. The smallest absolute Gasteiger partial charge is 0.0721 e. The average molecular weight is 186 g/mol. The highest BCUT2D eigenvalue weighted by Crippen LogP contribution is 2.18. The van der Waals surface area contributed by atoms with Gasteiger partial charge in [0.1, 0.15) is 0 Å². The first-order chi connectivity index (χ1) is 6.19. The van der Waals surface area contributed by atoms with Gasteiger partial charge in [-0.2, -0.15) is 0 Å². The average Bonchev–Trinajstić information content (AvgIpc) is 2.04. The van der Waals surface area contributed by atoms with Crippen molar-refractivity contribution in [3.63, 3.8) is 0 Å². The number of methoxy groups -OCH3 is 1. The molecule has 0 radical (unpaired) electrons. The fourth-order valence-corrected chi connectivity index (χ4v) is 1.79. The van der Waals surface area contributed by atoms with Crippen LogP contribution in [0.2, 0.25) is 0 Å². The maximum atomic E-state index is 5.63. The fraction of sp³-hybridized carbons (Fsp3) is 1.00. The molecule has 2 atom stereocenters. The summed E-state index contributed by atoms with van der Waals surface area (Å²) >= 11 is 0. The molecule has 1 rings (SSSR count). The van der Waals surface area contributed by atoms with Crippen molar-refractivity contribution in [2.24, 2.45) is 11.7 Å². The zero-order chi connectivity index (χ0) is 9.84. The zero-order valence-electron chi connectivity index (χ0n) is 8.99. The minimum atomic E-state index is 0.356. The molecular weight excluding hydrogens is 164 g/mol. The van der Waals surface area contributed by atoms with Gasteiger partial charge in [-0.15, -0.1) is 0 Å². The molecule has 0 aromatic carbocycles. The summed E-state index contributed by atoms with van der Waals surface area (Å²) in [7, 11) is 1.79. The van der Waals surface area contributed by atoms with Crippen LogP contribution < -0.4 is 5.73 Å². The van der Waals surface area contributed by atoms with Crippen molar-refractivity contribution >= 4 is 0 Å². The molecule has 3 nitrogen and oxygen atoms in total. The predicted molar refractivity (Wildman–Crippen MR) is 54.7 cm³/mol. The van der Waals surface area contributed by atoms with Crippen molar-refractivity contribution in [2.45, 2.75) is 32.4 Å². The highest BCUT2D eigenvalue weighted by molar-refractivity contribution is 4.85. The fourth-order valence-electron chi connectivity index (χ4n) is 1.79. The van der Waals surface area contributed by atoms with Gasteiger partial charge in [0.25, 0.3) is 0 Å². The Morgan fingerprint density at radius 2 is 2.23 bits per heavy atom. The second kappa shape index (κ2) is 4.94. The second-order valence-corrected chi connectivity index (χ2v) is 4.19. The Morgan fingerprint density at radius 1 is 1.54 bits per heavy atom. The Morgan fingerprint density at radius 3 is 2.54 bits per heavy atom. The molecule has 13 heavy (non-hydrogen) atoms. The molecule has 1 aliphatic rings. The van der Waals surface area contributed by atoms with E-state index in [0.717, 1.165) is 13.1 Å². The van der Waals surface area contributed by atoms with Crippen molar-refractivity contribution in [1.82, 2.24) is 4.90 Å². The third kappa shape index (κ3) is 2.66. The zero-order valence-corrected chi connectivity index (χ0v) is 8.99. The molecule has 78 valence electrons. The van der Waals surface area contributed by atoms with Gasteiger partial charge in [-0.1, -0.05) is 13.8 Å². The molecule has 2 N–H and O–H groups in total. The van der Waals surface area contributed by atoms with Crippen LogP contribution in [0.5, 0.6) is 0 Å². The van der Waals surface area contributed by atoms with Crippen molar-refractivity contribution < 1.29 is 4.74 Å². The van der Waals surface area contributed by atoms with Crippen molar-refractivity contribution in [2.75, 3.05) is 26.7 Å². The minimum absolute atomic E-state index is 0.356. The number of rotatable bonds is 5. The number of likely N-dealkylation sites (tertiary alicyclic amines) is 1. The van der Waals surface area contributed by atoms with Gasteiger partial charge in [0.15, 0.2) is 0 Å². The van der Waals surface area contributed by atoms with Crippen LogP contribution in [0.1, 0.15) is 20.3 Å². The lowest BCUT2D eigenvalue weighted by molar-refractivity contribution is -0.00823. The third-order valence-corrected chi connectivity index (χ3v) is 3.00. The quantitative estimate of drug-likeness (QED) is 0.686. The van der Waals surface area contributed by atoms with E-state index < -0.39 is 0 Å². The normalized spacial score (nSPS) is 26.1. The molecule has 1 aliphatic heterocycles. The van der Waals surface area contributed by atoms with E-state index in [-0.39, 0.29) is 0 Å². The lowest BCUT2D eigenvalue weighted by atomic mass is 9.99. The van der Waals surface area contributed by atoms with Crippen molar-refractivity contribution in [3.05, 3.63) is 0 Å². The molecule has 2 unspecified atom stereocenters. The topological polar surface area (TPSA) is 38.5 Å². The first-order valence-corrected chi connectivity index (χ1v) is 5.16. The molecule has 0 bridgehead atoms. The van der Waals surface area contributed by atoms with Gasteiger partial charge >= 0.3 is 0 Å². The molecule has 0 spiro atoms. The van der Waals surface area contributed by atoms with Crippen LogP contribution in [-0.4, -0.2) is 43.8 Å². The summed E-state index contributed by atoms with van der Waals surface area (Å²) in [6.45, 7) is 7.41. The summed E-state index contributed by atoms with van der Waals surface area (Å²) in [5.74, 6) is 0.587. The molecule has 0 saturated carbocycles. The number of nitrogens with zero attached hydrogens (tertiary/aromatic N) is 1. The van der Waals surface area contributed by atoms with Gasteiger partial charge in [0, 0.05) is 32.8 Å². The predicted octanol–water partition coefficient (Wildman–Crippen LogP) is 0.690. The molecule has 0 aliphatic carbocycles. The van der Waals surface area contributed by atoms with E-state index in [1.54, 1.807) is 7.11 Å². The van der Waals surface area contributed by atoms with Gasteiger partial charge in [-0.25, -0.2) is 0 Å². The lowest BCUT2D eigenvalue weighted by Gasteiger charge is -2.42. The van der Waals surface area contributed by atoms with Gasteiger partial charge in [0.05, 0.1) is 6.10 Å². The van der Waals surface area contributed by atoms with Gasteiger partial charge in [-0.05, 0) is 12.3 Å². The largest absolute Gasteiger partial charge is 0.380 e. The molecule has 0 amide bonds. The summed E-state index contributed by atoms with van der Waals surface area (Å²) in [4.78, 5) is 2.42. The first-order valence-electron chi connectivity index (χ1n) is 5.16. The second-order valence-electron chi connectivity index (χ2n) is 4.19. The summed E-state index contributed by atoms with van der Waals surface area (Å²) in [5.41, 5.74) is 5.63. The van der Waals surface area contributed by atoms with E-state index in [1.165, 1.54) is 13.0 Å². The Balaban J connectivity index is 2.29. The maximum Gasteiger partial charge on any atom is 0.0721 e. The van der Waals surface area contributed by atoms with Crippen LogP contribution in [0.15, 0.2) is 0 Å². The molecule has 1 saturated heterocycles. The SMILES string of the molecule is COC(CN1CCC1CN)C(C)C. The molecule has 3 heteroatoms. The van der Waals surface area contributed by atoms with E-state index in [2.05, 4.69) is 18.7 Å². The monoisotopic (exact) mass is 186 g/mol. The molecule has 0 aromatic rings. The van der Waals surface area contributed by atoms with Crippen LogP contribution in [0, 0.1) is 5.92 Å². The van der Waals surface area contributed by atoms with E-state index in [0.29, 0.717) is 18.1 Å². The number of nitrogens with two attached hydrogens (primary N) is 1. The van der Waals surface area contributed by atoms with Crippen LogP contribution in [-0.2, 0) is 4.74 Å². The van der Waals surface area contributed by atoms with Crippen LogP contribution in [0.25, 0.3) is 0 Å². The van der Waals surface area contributed by atoms with E-state index in [4.69, 9.17) is 10.5 Å². The Bertz CT molecular complexity index is 148. The highest BCUT2D eigenvalue weighted by Gasteiger charge is 2.29. The molecule has 0 aromatic heterocycles. The van der Waals surface area contributed by atoms with Crippen LogP contribution in [0.4, 0.5) is 0 Å². The standard InChI is InChI=1S/C10H22N2O/c1-8(2)10(13-3)7-12-5-4-9(12)6-11/h8-10H,4-7,11H2,1-3H3. The van der Waals surface area contributed by atoms with E-state index in [1.807, 2.05) is 0 Å². The molecular formula is C10H22N2O.